The van der Waals surface area contributed by atoms with Gasteiger partial charge in [0.05, 0.1) is 0 Å². The van der Waals surface area contributed by atoms with Crippen molar-refractivity contribution in [3.05, 3.63) is 0 Å². The smallest absolute Gasteiger partial charge is 0.0458 e. The molecule has 2 fully saturated rings. The first-order valence-electron chi connectivity index (χ1n) is 4.36. The van der Waals surface area contributed by atoms with E-state index in [-0.39, 0.29) is 0 Å². The second-order valence-corrected chi connectivity index (χ2v) is 3.54. The Morgan fingerprint density at radius 1 is 1.30 bits per heavy atom. The van der Waals surface area contributed by atoms with Gasteiger partial charge in [0.25, 0.3) is 0 Å². The summed E-state index contributed by atoms with van der Waals surface area (Å²) in [5.41, 5.74) is 5.62. The summed E-state index contributed by atoms with van der Waals surface area (Å²) in [6.45, 7) is 2.03. The van der Waals surface area contributed by atoms with Gasteiger partial charge in [0, 0.05) is 12.7 Å². The molecule has 2 N–H and O–H groups in total. The lowest BCUT2D eigenvalue weighted by molar-refractivity contribution is 0.238. The molecular weight excluding hydrogens is 124 g/mol. The van der Waals surface area contributed by atoms with E-state index in [9.17, 15) is 0 Å². The molecule has 2 nitrogen and oxygen atoms in total. The van der Waals surface area contributed by atoms with Crippen molar-refractivity contribution >= 4 is 0 Å². The van der Waals surface area contributed by atoms with Gasteiger partial charge in [-0.15, -0.1) is 0 Å². The van der Waals surface area contributed by atoms with Crippen LogP contribution in [0.1, 0.15) is 25.7 Å². The molecular formula is C8H16N2. The molecule has 1 aliphatic carbocycles. The average molecular weight is 140 g/mol. The van der Waals surface area contributed by atoms with Gasteiger partial charge in [-0.1, -0.05) is 0 Å². The Hall–Kier alpha value is -0.0800. The van der Waals surface area contributed by atoms with Gasteiger partial charge < -0.3 is 5.73 Å². The molecule has 58 valence electrons. The Labute approximate surface area is 62.4 Å². The number of nitrogens with zero attached hydrogens (tertiary/aromatic N) is 1. The molecule has 10 heavy (non-hydrogen) atoms. The normalized spacial score (nSPS) is 35.1. The molecule has 2 rings (SSSR count). The van der Waals surface area contributed by atoms with Crippen LogP contribution in [0, 0.1) is 5.92 Å². The van der Waals surface area contributed by atoms with E-state index < -0.39 is 0 Å². The maximum atomic E-state index is 5.62. The monoisotopic (exact) mass is 140 g/mol. The summed E-state index contributed by atoms with van der Waals surface area (Å²) < 4.78 is 0. The molecule has 1 saturated heterocycles. The van der Waals surface area contributed by atoms with E-state index in [1.807, 2.05) is 0 Å². The molecule has 2 heteroatoms. The van der Waals surface area contributed by atoms with Crippen molar-refractivity contribution in [2.75, 3.05) is 13.2 Å². The molecule has 0 aromatic heterocycles. The molecule has 0 aromatic carbocycles. The van der Waals surface area contributed by atoms with E-state index in [4.69, 9.17) is 5.73 Å². The van der Waals surface area contributed by atoms with Crippen LogP contribution < -0.4 is 5.73 Å². The predicted octanol–water partition coefficient (Wildman–Crippen LogP) is 0.777. The van der Waals surface area contributed by atoms with Crippen LogP contribution in [0.4, 0.5) is 0 Å². The van der Waals surface area contributed by atoms with E-state index >= 15 is 0 Å². The van der Waals surface area contributed by atoms with Crippen LogP contribution in [0.25, 0.3) is 0 Å². The van der Waals surface area contributed by atoms with E-state index in [1.165, 1.54) is 32.2 Å². The summed E-state index contributed by atoms with van der Waals surface area (Å²) in [6.07, 6.45) is 5.70. The second kappa shape index (κ2) is 2.51. The molecule has 0 bridgehead atoms. The Balaban J connectivity index is 1.91. The van der Waals surface area contributed by atoms with Crippen molar-refractivity contribution in [1.29, 1.82) is 0 Å². The topological polar surface area (TPSA) is 29.3 Å². The highest BCUT2D eigenvalue weighted by atomic mass is 15.2. The van der Waals surface area contributed by atoms with Crippen LogP contribution in [0.15, 0.2) is 0 Å². The molecule has 0 radical (unpaired) electrons. The van der Waals surface area contributed by atoms with E-state index in [0.29, 0.717) is 0 Å². The first kappa shape index (κ1) is 6.62. The zero-order valence-corrected chi connectivity index (χ0v) is 6.42. The SMILES string of the molecule is NCN1CCCC1C1CC1. The Kier molecular flexibility index (Phi) is 1.66. The zero-order chi connectivity index (χ0) is 6.97. The van der Waals surface area contributed by atoms with Gasteiger partial charge in [-0.25, -0.2) is 0 Å². The minimum absolute atomic E-state index is 0.779. The third-order valence-electron chi connectivity index (χ3n) is 2.81. The molecule has 1 aliphatic heterocycles. The Bertz CT molecular complexity index is 120. The minimum Gasteiger partial charge on any atom is -0.318 e. The summed E-state index contributed by atoms with van der Waals surface area (Å²) in [5, 5.41) is 0. The number of hydrogen-bond donors (Lipinski definition) is 1. The number of hydrogen-bond acceptors (Lipinski definition) is 2. The van der Waals surface area contributed by atoms with Crippen molar-refractivity contribution in [3.63, 3.8) is 0 Å². The van der Waals surface area contributed by atoms with Crippen molar-refractivity contribution in [2.45, 2.75) is 31.7 Å². The first-order valence-corrected chi connectivity index (χ1v) is 4.36. The van der Waals surface area contributed by atoms with Gasteiger partial charge in [0.2, 0.25) is 0 Å². The zero-order valence-electron chi connectivity index (χ0n) is 6.42. The summed E-state index contributed by atoms with van der Waals surface area (Å²) in [6, 6.07) is 0.866. The summed E-state index contributed by atoms with van der Waals surface area (Å²) in [5.74, 6) is 1.02. The van der Waals surface area contributed by atoms with Gasteiger partial charge >= 0.3 is 0 Å². The predicted molar refractivity (Wildman–Crippen MR) is 41.5 cm³/mol. The van der Waals surface area contributed by atoms with Crippen molar-refractivity contribution in [2.24, 2.45) is 11.7 Å². The van der Waals surface area contributed by atoms with E-state index in [2.05, 4.69) is 4.90 Å². The van der Waals surface area contributed by atoms with Gasteiger partial charge in [0.1, 0.15) is 0 Å². The molecule has 1 heterocycles. The number of likely N-dealkylation sites (tertiary alicyclic amines) is 1. The standard InChI is InChI=1S/C8H16N2/c9-6-10-5-1-2-8(10)7-3-4-7/h7-8H,1-6,9H2. The molecule has 1 unspecified atom stereocenters. The Morgan fingerprint density at radius 2 is 2.10 bits per heavy atom. The van der Waals surface area contributed by atoms with E-state index in [1.54, 1.807) is 0 Å². The maximum Gasteiger partial charge on any atom is 0.0458 e. The summed E-state index contributed by atoms with van der Waals surface area (Å²) in [4.78, 5) is 2.44. The minimum atomic E-state index is 0.779. The largest absolute Gasteiger partial charge is 0.318 e. The highest BCUT2D eigenvalue weighted by Gasteiger charge is 2.36. The number of rotatable bonds is 2. The first-order chi connectivity index (χ1) is 4.92. The molecule has 2 aliphatic rings. The van der Waals surface area contributed by atoms with Gasteiger partial charge in [0.15, 0.2) is 0 Å². The highest BCUT2D eigenvalue weighted by Crippen LogP contribution is 2.39. The molecule has 1 saturated carbocycles. The average Bonchev–Trinajstić information content (AvgIpc) is 2.69. The Morgan fingerprint density at radius 3 is 2.70 bits per heavy atom. The molecule has 1 atom stereocenters. The third kappa shape index (κ3) is 1.06. The third-order valence-corrected chi connectivity index (χ3v) is 2.81. The van der Waals surface area contributed by atoms with Gasteiger partial charge in [-0.3, -0.25) is 4.90 Å². The van der Waals surface area contributed by atoms with Crippen molar-refractivity contribution in [3.8, 4) is 0 Å². The lowest BCUT2D eigenvalue weighted by atomic mass is 10.1. The maximum absolute atomic E-state index is 5.62. The molecule has 0 aromatic rings. The quantitative estimate of drug-likeness (QED) is 0.614. The van der Waals surface area contributed by atoms with Crippen LogP contribution in [0.2, 0.25) is 0 Å². The van der Waals surface area contributed by atoms with Gasteiger partial charge in [-0.2, -0.15) is 0 Å². The fraction of sp³-hybridized carbons (Fsp3) is 1.00. The van der Waals surface area contributed by atoms with Crippen LogP contribution in [0.5, 0.6) is 0 Å². The fourth-order valence-corrected chi connectivity index (χ4v) is 2.09. The lowest BCUT2D eigenvalue weighted by Gasteiger charge is -2.21. The second-order valence-electron chi connectivity index (χ2n) is 3.54. The van der Waals surface area contributed by atoms with Gasteiger partial charge in [-0.05, 0) is 38.1 Å². The van der Waals surface area contributed by atoms with E-state index in [0.717, 1.165) is 18.6 Å². The van der Waals surface area contributed by atoms with Crippen molar-refractivity contribution in [1.82, 2.24) is 4.90 Å². The molecule has 0 spiro atoms. The number of nitrogens with two attached hydrogens (primary N) is 1. The van der Waals surface area contributed by atoms with Crippen LogP contribution in [0.3, 0.4) is 0 Å². The fourth-order valence-electron chi connectivity index (χ4n) is 2.09. The van der Waals surface area contributed by atoms with Crippen LogP contribution >= 0.6 is 0 Å². The van der Waals surface area contributed by atoms with Crippen LogP contribution in [-0.4, -0.2) is 24.2 Å². The van der Waals surface area contributed by atoms with Crippen molar-refractivity contribution < 1.29 is 0 Å². The summed E-state index contributed by atoms with van der Waals surface area (Å²) >= 11 is 0. The highest BCUT2D eigenvalue weighted by molar-refractivity contribution is 4.91. The summed E-state index contributed by atoms with van der Waals surface area (Å²) in [7, 11) is 0. The molecule has 0 amide bonds. The lowest BCUT2D eigenvalue weighted by Crippen LogP contribution is -2.35. The van der Waals surface area contributed by atoms with Crippen LogP contribution in [-0.2, 0) is 0 Å².